The molecular weight excluding hydrogens is 527 g/mol. The monoisotopic (exact) mass is 561 g/mol. The Kier molecular flexibility index (Phi) is 9.43. The molecule has 1 aliphatic carbocycles. The van der Waals surface area contributed by atoms with Gasteiger partial charge in [0.15, 0.2) is 5.78 Å². The fraction of sp³-hybridized carbons (Fsp3) is 0.467. The molecule has 40 heavy (non-hydrogen) atoms. The number of carbonyl (C=O) groups is 3. The predicted octanol–water partition coefficient (Wildman–Crippen LogP) is 6.37. The highest BCUT2D eigenvalue weighted by Gasteiger charge is 2.54. The number of pyridine rings is 1. The molecule has 3 atom stereocenters. The van der Waals surface area contributed by atoms with E-state index in [4.69, 9.17) is 9.47 Å². The predicted molar refractivity (Wildman–Crippen MR) is 141 cm³/mol. The quantitative estimate of drug-likeness (QED) is 0.224. The number of rotatable bonds is 13. The largest absolute Gasteiger partial charge is 0.478 e. The van der Waals surface area contributed by atoms with E-state index in [1.165, 1.54) is 13.1 Å². The molecule has 0 spiro atoms. The van der Waals surface area contributed by atoms with Gasteiger partial charge in [0.05, 0.1) is 12.0 Å². The molecule has 0 bridgehead atoms. The van der Waals surface area contributed by atoms with E-state index in [9.17, 15) is 32.7 Å². The van der Waals surface area contributed by atoms with Crippen LogP contribution in [0.1, 0.15) is 69.6 Å². The average Bonchev–Trinajstić information content (AvgIpc) is 3.65. The third-order valence-corrected chi connectivity index (χ3v) is 7.63. The summed E-state index contributed by atoms with van der Waals surface area (Å²) in [5, 5.41) is 9.21. The molecule has 3 rings (SSSR count). The van der Waals surface area contributed by atoms with E-state index in [0.717, 1.165) is 5.56 Å². The number of carboxylic acids is 1. The SMILES string of the molecule is C=C(C(C)=O)c1c(C(C(C)C(C)C)C2(CC(=O)OCc3ccccc3)CC2)ccnc1OC(C(=O)O)C(F)(F)F. The molecule has 3 unspecified atom stereocenters. The van der Waals surface area contributed by atoms with Crippen molar-refractivity contribution >= 4 is 23.3 Å². The molecule has 1 saturated carbocycles. The number of nitrogens with zero attached hydrogens (tertiary/aromatic N) is 1. The number of hydrogen-bond donors (Lipinski definition) is 1. The van der Waals surface area contributed by atoms with Gasteiger partial charge in [-0.1, -0.05) is 57.7 Å². The Bertz CT molecular complexity index is 1250. The molecule has 0 amide bonds. The van der Waals surface area contributed by atoms with Gasteiger partial charge in [-0.3, -0.25) is 9.59 Å². The van der Waals surface area contributed by atoms with E-state index < -0.39 is 47.2 Å². The second kappa shape index (κ2) is 12.2. The molecule has 1 heterocycles. The summed E-state index contributed by atoms with van der Waals surface area (Å²) in [6.07, 6.45) is -5.84. The lowest BCUT2D eigenvalue weighted by molar-refractivity contribution is -0.208. The van der Waals surface area contributed by atoms with E-state index >= 15 is 0 Å². The molecule has 10 heteroatoms. The van der Waals surface area contributed by atoms with E-state index in [0.29, 0.717) is 18.4 Å². The van der Waals surface area contributed by atoms with Crippen molar-refractivity contribution in [2.75, 3.05) is 0 Å². The Morgan fingerprint density at radius 3 is 2.23 bits per heavy atom. The molecule has 0 aliphatic heterocycles. The molecule has 1 fully saturated rings. The number of alkyl halides is 3. The Morgan fingerprint density at radius 2 is 1.73 bits per heavy atom. The van der Waals surface area contributed by atoms with Gasteiger partial charge in [0.25, 0.3) is 6.10 Å². The van der Waals surface area contributed by atoms with Gasteiger partial charge in [-0.2, -0.15) is 13.2 Å². The Hall–Kier alpha value is -3.69. The van der Waals surface area contributed by atoms with Crippen molar-refractivity contribution in [2.24, 2.45) is 17.3 Å². The zero-order valence-electron chi connectivity index (χ0n) is 23.0. The molecule has 216 valence electrons. The van der Waals surface area contributed by atoms with Crippen molar-refractivity contribution in [1.29, 1.82) is 0 Å². The van der Waals surface area contributed by atoms with Gasteiger partial charge < -0.3 is 14.6 Å². The summed E-state index contributed by atoms with van der Waals surface area (Å²) < 4.78 is 51.0. The van der Waals surface area contributed by atoms with E-state index in [1.807, 2.05) is 51.1 Å². The normalized spacial score (nSPS) is 16.5. The zero-order valence-corrected chi connectivity index (χ0v) is 23.0. The minimum Gasteiger partial charge on any atom is -0.478 e. The van der Waals surface area contributed by atoms with Crippen molar-refractivity contribution in [3.8, 4) is 5.88 Å². The summed E-state index contributed by atoms with van der Waals surface area (Å²) in [6.45, 7) is 11.0. The Labute approximate surface area is 231 Å². The number of aliphatic carboxylic acids is 1. The number of benzene rings is 1. The number of halogens is 3. The number of allylic oxidation sites excluding steroid dienone is 1. The minimum atomic E-state index is -5.23. The standard InChI is InChI=1S/C30H34F3NO6/c1-17(2)18(3)25(29(12-13-29)15-23(36)39-16-21-9-7-6-8-10-21)22-11-14-34-27(24(22)19(4)20(5)35)40-26(28(37)38)30(31,32)33/h6-11,14,17-18,25-26H,4,12-13,15-16H2,1-3,5H3,(H,37,38). The van der Waals surface area contributed by atoms with Crippen LogP contribution in [0, 0.1) is 17.3 Å². The molecule has 2 aromatic rings. The highest BCUT2D eigenvalue weighted by atomic mass is 19.4. The third kappa shape index (κ3) is 7.08. The van der Waals surface area contributed by atoms with Gasteiger partial charge in [0.2, 0.25) is 5.88 Å². The number of ether oxygens (including phenoxy) is 2. The fourth-order valence-corrected chi connectivity index (χ4v) is 5.04. The molecule has 1 N–H and O–H groups in total. The number of ketones is 1. The van der Waals surface area contributed by atoms with Crippen LogP contribution in [0.3, 0.4) is 0 Å². The second-order valence-electron chi connectivity index (χ2n) is 10.8. The van der Waals surface area contributed by atoms with E-state index in [1.54, 1.807) is 6.07 Å². The molecule has 7 nitrogen and oxygen atoms in total. The van der Waals surface area contributed by atoms with Gasteiger partial charge in [0, 0.05) is 11.8 Å². The molecule has 1 aromatic heterocycles. The number of carboxylic acid groups (broad SMARTS) is 1. The highest BCUT2D eigenvalue weighted by molar-refractivity contribution is 6.19. The van der Waals surface area contributed by atoms with Crippen molar-refractivity contribution in [2.45, 2.75) is 71.8 Å². The summed E-state index contributed by atoms with van der Waals surface area (Å²) in [5.41, 5.74) is 0.449. The lowest BCUT2D eigenvalue weighted by atomic mass is 9.68. The number of carbonyl (C=O) groups excluding carboxylic acids is 2. The summed E-state index contributed by atoms with van der Waals surface area (Å²) >= 11 is 0. The van der Waals surface area contributed by atoms with Crippen LogP contribution in [0.15, 0.2) is 49.2 Å². The molecule has 0 saturated heterocycles. The number of aromatic nitrogens is 1. The first kappa shape index (κ1) is 30.8. The van der Waals surface area contributed by atoms with Crippen molar-refractivity contribution in [3.63, 3.8) is 0 Å². The smallest absolute Gasteiger partial charge is 0.436 e. The number of esters is 1. The summed E-state index contributed by atoms with van der Waals surface area (Å²) in [4.78, 5) is 40.8. The van der Waals surface area contributed by atoms with Gasteiger partial charge >= 0.3 is 18.1 Å². The van der Waals surface area contributed by atoms with Gasteiger partial charge in [-0.15, -0.1) is 0 Å². The molecule has 1 aromatic carbocycles. The summed E-state index contributed by atoms with van der Waals surface area (Å²) in [6, 6.07) is 10.8. The summed E-state index contributed by atoms with van der Waals surface area (Å²) in [7, 11) is 0. The summed E-state index contributed by atoms with van der Waals surface area (Å²) in [5.74, 6) is -4.28. The first-order valence-corrected chi connectivity index (χ1v) is 13.0. The van der Waals surface area contributed by atoms with Gasteiger partial charge in [-0.25, -0.2) is 9.78 Å². The second-order valence-corrected chi connectivity index (χ2v) is 10.8. The minimum absolute atomic E-state index is 0.0619. The van der Waals surface area contributed by atoms with Crippen LogP contribution in [-0.2, 0) is 25.7 Å². The highest BCUT2D eigenvalue weighted by Crippen LogP contribution is 2.63. The van der Waals surface area contributed by atoms with Crippen LogP contribution in [0.2, 0.25) is 0 Å². The average molecular weight is 562 g/mol. The van der Waals surface area contributed by atoms with Crippen molar-refractivity contribution in [1.82, 2.24) is 4.98 Å². The van der Waals surface area contributed by atoms with Gasteiger partial charge in [-0.05, 0) is 60.1 Å². The van der Waals surface area contributed by atoms with E-state index in [-0.39, 0.29) is 36.0 Å². The van der Waals surface area contributed by atoms with Crippen molar-refractivity contribution < 1.29 is 42.1 Å². The molecule has 0 radical (unpaired) electrons. The first-order chi connectivity index (χ1) is 18.7. The first-order valence-electron chi connectivity index (χ1n) is 13.0. The van der Waals surface area contributed by atoms with Crippen LogP contribution in [0.5, 0.6) is 5.88 Å². The Balaban J connectivity index is 2.06. The zero-order chi connectivity index (χ0) is 29.8. The lowest BCUT2D eigenvalue weighted by Crippen LogP contribution is -2.42. The maximum atomic E-state index is 13.5. The molecule has 1 aliphatic rings. The van der Waals surface area contributed by atoms with Crippen LogP contribution in [0.25, 0.3) is 5.57 Å². The third-order valence-electron chi connectivity index (χ3n) is 7.63. The topological polar surface area (TPSA) is 103 Å². The molecular formula is C30H34F3NO6. The van der Waals surface area contributed by atoms with E-state index in [2.05, 4.69) is 11.6 Å². The lowest BCUT2D eigenvalue weighted by Gasteiger charge is -2.36. The van der Waals surface area contributed by atoms with Gasteiger partial charge in [0.1, 0.15) is 6.61 Å². The Morgan fingerprint density at radius 1 is 1.10 bits per heavy atom. The van der Waals surface area contributed by atoms with Crippen LogP contribution in [0.4, 0.5) is 13.2 Å². The van der Waals surface area contributed by atoms with Crippen LogP contribution >= 0.6 is 0 Å². The number of Topliss-reactive ketones (excluding diaryl/α,β-unsaturated/α-hetero) is 1. The maximum Gasteiger partial charge on any atom is 0.436 e. The number of hydrogen-bond acceptors (Lipinski definition) is 6. The van der Waals surface area contributed by atoms with Crippen LogP contribution < -0.4 is 4.74 Å². The maximum absolute atomic E-state index is 13.5. The van der Waals surface area contributed by atoms with Crippen LogP contribution in [-0.4, -0.2) is 40.1 Å². The van der Waals surface area contributed by atoms with Crippen molar-refractivity contribution in [3.05, 3.63) is 65.9 Å². The fourth-order valence-electron chi connectivity index (χ4n) is 5.04.